The number of amides is 1. The van der Waals surface area contributed by atoms with E-state index in [-0.39, 0.29) is 18.3 Å². The number of benzene rings is 2. The summed E-state index contributed by atoms with van der Waals surface area (Å²) in [7, 11) is 0. The molecule has 0 saturated carbocycles. The molecular weight excluding hydrogens is 290 g/mol. The molecule has 0 spiro atoms. The Labute approximate surface area is 136 Å². The van der Waals surface area contributed by atoms with E-state index in [1.807, 2.05) is 26.0 Å². The smallest absolute Gasteiger partial charge is 0.258 e. The summed E-state index contributed by atoms with van der Waals surface area (Å²) in [4.78, 5) is 23.2. The second-order valence-corrected chi connectivity index (χ2v) is 5.58. The first-order valence-electron chi connectivity index (χ1n) is 7.52. The first kappa shape index (κ1) is 16.7. The Kier molecular flexibility index (Phi) is 5.52. The zero-order chi connectivity index (χ0) is 16.8. The Morgan fingerprint density at radius 1 is 1.09 bits per heavy atom. The first-order valence-corrected chi connectivity index (χ1v) is 7.52. The van der Waals surface area contributed by atoms with Gasteiger partial charge in [-0.15, -0.1) is 0 Å². The number of ketones is 1. The van der Waals surface area contributed by atoms with Crippen LogP contribution in [0.2, 0.25) is 0 Å². The summed E-state index contributed by atoms with van der Waals surface area (Å²) in [5.74, 6) is 0.285. The van der Waals surface area contributed by atoms with Crippen LogP contribution in [0.25, 0.3) is 0 Å². The van der Waals surface area contributed by atoms with Crippen LogP contribution in [0.4, 0.5) is 0 Å². The highest BCUT2D eigenvalue weighted by Crippen LogP contribution is 2.14. The molecule has 2 aromatic rings. The summed E-state index contributed by atoms with van der Waals surface area (Å²) >= 11 is 0. The van der Waals surface area contributed by atoms with Gasteiger partial charge >= 0.3 is 0 Å². The number of ether oxygens (including phenoxy) is 1. The molecule has 4 nitrogen and oxygen atoms in total. The molecule has 2 aromatic carbocycles. The summed E-state index contributed by atoms with van der Waals surface area (Å²) in [5.41, 5.74) is 4.01. The lowest BCUT2D eigenvalue weighted by Crippen LogP contribution is -2.28. The van der Waals surface area contributed by atoms with Crippen molar-refractivity contribution in [1.82, 2.24) is 5.32 Å². The first-order chi connectivity index (χ1) is 11.0. The standard InChI is InChI=1S/C19H21NO3/c1-13-7-8-17(14(2)9-13)11-20-19(22)12-23-18-6-4-5-16(10-18)15(3)21/h4-10H,11-12H2,1-3H3,(H,20,22). The van der Waals surface area contributed by atoms with Gasteiger partial charge in [-0.25, -0.2) is 0 Å². The molecule has 1 N–H and O–H groups in total. The largest absolute Gasteiger partial charge is 0.484 e. The van der Waals surface area contributed by atoms with Crippen LogP contribution in [0.15, 0.2) is 42.5 Å². The van der Waals surface area contributed by atoms with Gasteiger partial charge in [0.15, 0.2) is 12.4 Å². The highest BCUT2D eigenvalue weighted by molar-refractivity contribution is 5.94. The minimum atomic E-state index is -0.196. The van der Waals surface area contributed by atoms with E-state index in [9.17, 15) is 9.59 Å². The molecule has 0 fully saturated rings. The number of carbonyl (C=O) groups excluding carboxylic acids is 2. The van der Waals surface area contributed by atoms with Gasteiger partial charge in [-0.2, -0.15) is 0 Å². The molecule has 4 heteroatoms. The zero-order valence-corrected chi connectivity index (χ0v) is 13.7. The number of rotatable bonds is 6. The van der Waals surface area contributed by atoms with Crippen LogP contribution in [0.3, 0.4) is 0 Å². The van der Waals surface area contributed by atoms with E-state index in [0.717, 1.165) is 11.1 Å². The molecular formula is C19H21NO3. The predicted octanol–water partition coefficient (Wildman–Crippen LogP) is 3.20. The van der Waals surface area contributed by atoms with Crippen LogP contribution >= 0.6 is 0 Å². The fourth-order valence-electron chi connectivity index (χ4n) is 2.24. The van der Waals surface area contributed by atoms with E-state index in [0.29, 0.717) is 17.9 Å². The molecule has 0 radical (unpaired) electrons. The highest BCUT2D eigenvalue weighted by atomic mass is 16.5. The summed E-state index contributed by atoms with van der Waals surface area (Å²) in [6, 6.07) is 12.9. The van der Waals surface area contributed by atoms with Gasteiger partial charge in [-0.3, -0.25) is 9.59 Å². The average Bonchev–Trinajstić information content (AvgIpc) is 2.52. The van der Waals surface area contributed by atoms with Crippen LogP contribution in [-0.4, -0.2) is 18.3 Å². The molecule has 2 rings (SSSR count). The molecule has 120 valence electrons. The van der Waals surface area contributed by atoms with Crippen molar-refractivity contribution < 1.29 is 14.3 Å². The lowest BCUT2D eigenvalue weighted by atomic mass is 10.1. The molecule has 0 saturated heterocycles. The molecule has 1 amide bonds. The maximum Gasteiger partial charge on any atom is 0.258 e. The minimum Gasteiger partial charge on any atom is -0.484 e. The molecule has 0 unspecified atom stereocenters. The summed E-state index contributed by atoms with van der Waals surface area (Å²) < 4.78 is 5.43. The fraction of sp³-hybridized carbons (Fsp3) is 0.263. The van der Waals surface area contributed by atoms with Crippen molar-refractivity contribution in [2.75, 3.05) is 6.61 Å². The number of Topliss-reactive ketones (excluding diaryl/α,β-unsaturated/α-hetero) is 1. The maximum absolute atomic E-state index is 11.9. The zero-order valence-electron chi connectivity index (χ0n) is 13.7. The van der Waals surface area contributed by atoms with Crippen LogP contribution in [-0.2, 0) is 11.3 Å². The number of carbonyl (C=O) groups is 2. The molecule has 0 aliphatic rings. The van der Waals surface area contributed by atoms with E-state index in [2.05, 4.69) is 11.4 Å². The van der Waals surface area contributed by atoms with Gasteiger partial charge in [0.05, 0.1) is 0 Å². The number of nitrogens with one attached hydrogen (secondary N) is 1. The van der Waals surface area contributed by atoms with Gasteiger partial charge in [-0.1, -0.05) is 35.9 Å². The van der Waals surface area contributed by atoms with Gasteiger partial charge < -0.3 is 10.1 Å². The summed E-state index contributed by atoms with van der Waals surface area (Å²) in [6.07, 6.45) is 0. The maximum atomic E-state index is 11.9. The van der Waals surface area contributed by atoms with Crippen molar-refractivity contribution >= 4 is 11.7 Å². The number of aryl methyl sites for hydroxylation is 2. The van der Waals surface area contributed by atoms with Gasteiger partial charge in [0.1, 0.15) is 5.75 Å². The molecule has 0 bridgehead atoms. The van der Waals surface area contributed by atoms with Crippen LogP contribution in [0, 0.1) is 13.8 Å². The van der Waals surface area contributed by atoms with Gasteiger partial charge in [0.25, 0.3) is 5.91 Å². The normalized spacial score (nSPS) is 10.2. The Balaban J connectivity index is 1.85. The van der Waals surface area contributed by atoms with E-state index in [1.54, 1.807) is 24.3 Å². The van der Waals surface area contributed by atoms with E-state index in [4.69, 9.17) is 4.74 Å². The van der Waals surface area contributed by atoms with Crippen molar-refractivity contribution in [2.24, 2.45) is 0 Å². The molecule has 0 aromatic heterocycles. The van der Waals surface area contributed by atoms with E-state index >= 15 is 0 Å². The Morgan fingerprint density at radius 2 is 1.87 bits per heavy atom. The number of hydrogen-bond donors (Lipinski definition) is 1. The van der Waals surface area contributed by atoms with Crippen LogP contribution in [0.5, 0.6) is 5.75 Å². The highest BCUT2D eigenvalue weighted by Gasteiger charge is 2.06. The van der Waals surface area contributed by atoms with Crippen LogP contribution in [0.1, 0.15) is 34.0 Å². The predicted molar refractivity (Wildman–Crippen MR) is 89.7 cm³/mol. The second-order valence-electron chi connectivity index (χ2n) is 5.58. The molecule has 0 heterocycles. The molecule has 0 aliphatic carbocycles. The van der Waals surface area contributed by atoms with Crippen molar-refractivity contribution in [3.05, 3.63) is 64.7 Å². The number of hydrogen-bond acceptors (Lipinski definition) is 3. The second kappa shape index (κ2) is 7.58. The molecule has 0 aliphatic heterocycles. The monoisotopic (exact) mass is 311 g/mol. The van der Waals surface area contributed by atoms with Gasteiger partial charge in [0, 0.05) is 12.1 Å². The fourth-order valence-corrected chi connectivity index (χ4v) is 2.24. The van der Waals surface area contributed by atoms with E-state index < -0.39 is 0 Å². The topological polar surface area (TPSA) is 55.4 Å². The molecule has 23 heavy (non-hydrogen) atoms. The average molecular weight is 311 g/mol. The summed E-state index contributed by atoms with van der Waals surface area (Å²) in [6.45, 7) is 5.96. The van der Waals surface area contributed by atoms with Crippen molar-refractivity contribution in [1.29, 1.82) is 0 Å². The van der Waals surface area contributed by atoms with Crippen molar-refractivity contribution in [3.63, 3.8) is 0 Å². The third kappa shape index (κ3) is 4.95. The Hall–Kier alpha value is -2.62. The van der Waals surface area contributed by atoms with E-state index in [1.165, 1.54) is 12.5 Å². The van der Waals surface area contributed by atoms with Gasteiger partial charge in [-0.05, 0) is 44.0 Å². The Morgan fingerprint density at radius 3 is 2.57 bits per heavy atom. The quantitative estimate of drug-likeness (QED) is 0.834. The third-order valence-electron chi connectivity index (χ3n) is 3.58. The summed E-state index contributed by atoms with van der Waals surface area (Å²) in [5, 5.41) is 2.84. The molecule has 0 atom stereocenters. The Bertz CT molecular complexity index is 722. The minimum absolute atomic E-state index is 0.0326. The van der Waals surface area contributed by atoms with Crippen molar-refractivity contribution in [2.45, 2.75) is 27.3 Å². The van der Waals surface area contributed by atoms with Gasteiger partial charge in [0.2, 0.25) is 0 Å². The van der Waals surface area contributed by atoms with Crippen LogP contribution < -0.4 is 10.1 Å². The lowest BCUT2D eigenvalue weighted by molar-refractivity contribution is -0.123. The third-order valence-corrected chi connectivity index (χ3v) is 3.58. The lowest BCUT2D eigenvalue weighted by Gasteiger charge is -2.10. The van der Waals surface area contributed by atoms with Crippen molar-refractivity contribution in [3.8, 4) is 5.75 Å². The SMILES string of the molecule is CC(=O)c1cccc(OCC(=O)NCc2ccc(C)cc2C)c1.